The molecule has 3 saturated heterocycles. The van der Waals surface area contributed by atoms with Crippen molar-refractivity contribution in [1.29, 1.82) is 0 Å². The minimum Gasteiger partial charge on any atom is -0.396 e. The van der Waals surface area contributed by atoms with Crippen LogP contribution in [0.25, 0.3) is 0 Å². The van der Waals surface area contributed by atoms with Gasteiger partial charge in [-0.05, 0) is 76.3 Å². The van der Waals surface area contributed by atoms with Gasteiger partial charge in [-0.2, -0.15) is 0 Å². The highest BCUT2D eigenvalue weighted by Gasteiger charge is 2.77. The molecule has 2 bridgehead atoms. The van der Waals surface area contributed by atoms with E-state index >= 15 is 0 Å². The van der Waals surface area contributed by atoms with E-state index in [0.717, 1.165) is 37.2 Å². The Morgan fingerprint density at radius 3 is 2.35 bits per heavy atom. The van der Waals surface area contributed by atoms with E-state index < -0.39 is 29.1 Å². The summed E-state index contributed by atoms with van der Waals surface area (Å²) in [5.41, 5.74) is 0.838. The summed E-state index contributed by atoms with van der Waals surface area (Å²) < 4.78 is 6.73. The number of carbonyl (C=O) groups excluding carboxylic acids is 3. The highest BCUT2D eigenvalue weighted by molar-refractivity contribution is 6.03. The molecule has 0 radical (unpaired) electrons. The summed E-state index contributed by atoms with van der Waals surface area (Å²) in [5.74, 6) is -2.07. The Labute approximate surface area is 255 Å². The maximum absolute atomic E-state index is 14.2. The number of benzene rings is 2. The predicted octanol–water partition coefficient (Wildman–Crippen LogP) is 4.11. The van der Waals surface area contributed by atoms with Crippen LogP contribution in [0.2, 0.25) is 0 Å². The molecule has 2 aromatic carbocycles. The molecule has 232 valence electrons. The molecule has 3 aliphatic heterocycles. The lowest BCUT2D eigenvalue weighted by molar-refractivity contribution is -0.144. The molecule has 5 rings (SSSR count). The van der Waals surface area contributed by atoms with Gasteiger partial charge in [-0.1, -0.05) is 43.2 Å². The lowest BCUT2D eigenvalue weighted by atomic mass is 9.66. The molecule has 3 amide bonds. The van der Waals surface area contributed by atoms with Crippen LogP contribution in [0.5, 0.6) is 0 Å². The number of hydrogen-bond donors (Lipinski definition) is 3. The molecule has 2 aromatic rings. The van der Waals surface area contributed by atoms with Gasteiger partial charge in [-0.25, -0.2) is 0 Å². The minimum atomic E-state index is -1.06. The summed E-state index contributed by atoms with van der Waals surface area (Å²) in [5, 5.41) is 15.3. The molecule has 1 spiro atoms. The second-order valence-corrected chi connectivity index (χ2v) is 12.3. The molecule has 3 N–H and O–H groups in total. The number of aliphatic hydroxyl groups excluding tert-OH is 1. The van der Waals surface area contributed by atoms with Crippen molar-refractivity contribution in [2.75, 3.05) is 36.5 Å². The number of rotatable bonds is 14. The van der Waals surface area contributed by atoms with Crippen LogP contribution in [0.4, 0.5) is 11.4 Å². The van der Waals surface area contributed by atoms with Crippen LogP contribution in [0.15, 0.2) is 54.6 Å². The number of amides is 3. The van der Waals surface area contributed by atoms with Gasteiger partial charge >= 0.3 is 0 Å². The molecule has 43 heavy (non-hydrogen) atoms. The molecule has 0 aliphatic carbocycles. The first-order valence-electron chi connectivity index (χ1n) is 15.9. The Kier molecular flexibility index (Phi) is 9.42. The van der Waals surface area contributed by atoms with Crippen molar-refractivity contribution in [2.45, 2.75) is 83.1 Å². The fourth-order valence-corrected chi connectivity index (χ4v) is 7.57. The van der Waals surface area contributed by atoms with Gasteiger partial charge in [0, 0.05) is 44.2 Å². The average molecular weight is 591 g/mol. The topological polar surface area (TPSA) is 111 Å². The Morgan fingerprint density at radius 1 is 0.977 bits per heavy atom. The van der Waals surface area contributed by atoms with Crippen LogP contribution in [-0.4, -0.2) is 71.2 Å². The second-order valence-electron chi connectivity index (χ2n) is 12.3. The number of aliphatic hydroxyl groups is 1. The SMILES string of the molecule is CCN(CC)c1ccc(NC(=O)C2N(CCCCCCO)C(=O)[C@@H]3[C@H](C(=O)NCc4ccccc4)[C@]4(C)CCC23O4)cc1. The molecule has 5 atom stereocenters. The van der Waals surface area contributed by atoms with E-state index in [4.69, 9.17) is 4.74 Å². The first kappa shape index (κ1) is 31.0. The van der Waals surface area contributed by atoms with Crippen molar-refractivity contribution >= 4 is 29.1 Å². The molecule has 3 fully saturated rings. The van der Waals surface area contributed by atoms with Crippen LogP contribution < -0.4 is 15.5 Å². The van der Waals surface area contributed by atoms with Crippen molar-refractivity contribution in [2.24, 2.45) is 11.8 Å². The molecule has 3 heterocycles. The molecular formula is C34H46N4O5. The average Bonchev–Trinajstić information content (AvgIpc) is 3.58. The third-order valence-electron chi connectivity index (χ3n) is 9.69. The van der Waals surface area contributed by atoms with E-state index in [0.29, 0.717) is 44.5 Å². The van der Waals surface area contributed by atoms with E-state index in [9.17, 15) is 19.5 Å². The Hall–Kier alpha value is -3.43. The maximum atomic E-state index is 14.2. The van der Waals surface area contributed by atoms with Crippen molar-refractivity contribution < 1.29 is 24.2 Å². The first-order chi connectivity index (χ1) is 20.8. The number of anilines is 2. The molecule has 3 aliphatic rings. The van der Waals surface area contributed by atoms with Crippen LogP contribution in [-0.2, 0) is 25.7 Å². The highest BCUT2D eigenvalue weighted by atomic mass is 16.5. The van der Waals surface area contributed by atoms with E-state index in [-0.39, 0.29) is 24.3 Å². The van der Waals surface area contributed by atoms with Gasteiger partial charge in [0.1, 0.15) is 11.6 Å². The normalized spacial score (nSPS) is 27.3. The summed E-state index contributed by atoms with van der Waals surface area (Å²) >= 11 is 0. The van der Waals surface area contributed by atoms with Crippen LogP contribution >= 0.6 is 0 Å². The summed E-state index contributed by atoms with van der Waals surface area (Å²) in [4.78, 5) is 46.0. The minimum absolute atomic E-state index is 0.137. The zero-order valence-electron chi connectivity index (χ0n) is 25.7. The highest BCUT2D eigenvalue weighted by Crippen LogP contribution is 2.63. The summed E-state index contributed by atoms with van der Waals surface area (Å²) in [7, 11) is 0. The van der Waals surface area contributed by atoms with E-state index in [1.165, 1.54) is 0 Å². The Balaban J connectivity index is 1.39. The summed E-state index contributed by atoms with van der Waals surface area (Å²) in [6.07, 6.45) is 4.25. The number of nitrogens with zero attached hydrogens (tertiary/aromatic N) is 2. The van der Waals surface area contributed by atoms with Crippen LogP contribution in [0.1, 0.15) is 64.9 Å². The lowest BCUT2D eigenvalue weighted by Crippen LogP contribution is -2.53. The number of nitrogens with one attached hydrogen (secondary N) is 2. The molecule has 0 saturated carbocycles. The maximum Gasteiger partial charge on any atom is 0.250 e. The second kappa shape index (κ2) is 13.1. The number of hydrogen-bond acceptors (Lipinski definition) is 6. The van der Waals surface area contributed by atoms with Gasteiger partial charge < -0.3 is 30.3 Å². The zero-order valence-corrected chi connectivity index (χ0v) is 25.7. The molecule has 9 heteroatoms. The van der Waals surface area contributed by atoms with E-state index in [1.807, 2.05) is 61.5 Å². The number of likely N-dealkylation sites (tertiary alicyclic amines) is 1. The largest absolute Gasteiger partial charge is 0.396 e. The van der Waals surface area contributed by atoms with Gasteiger partial charge in [-0.15, -0.1) is 0 Å². The molecule has 2 unspecified atom stereocenters. The lowest BCUT2D eigenvalue weighted by Gasteiger charge is -2.33. The van der Waals surface area contributed by atoms with Gasteiger partial charge in [0.05, 0.1) is 17.4 Å². The van der Waals surface area contributed by atoms with E-state index in [2.05, 4.69) is 29.4 Å². The number of ether oxygens (including phenoxy) is 1. The molecule has 9 nitrogen and oxygen atoms in total. The fourth-order valence-electron chi connectivity index (χ4n) is 7.57. The third kappa shape index (κ3) is 5.89. The molecule has 0 aromatic heterocycles. The monoisotopic (exact) mass is 590 g/mol. The van der Waals surface area contributed by atoms with Gasteiger partial charge in [0.15, 0.2) is 0 Å². The third-order valence-corrected chi connectivity index (χ3v) is 9.69. The summed E-state index contributed by atoms with van der Waals surface area (Å²) in [6.45, 7) is 8.81. The van der Waals surface area contributed by atoms with E-state index in [1.54, 1.807) is 4.90 Å². The smallest absolute Gasteiger partial charge is 0.250 e. The fraction of sp³-hybridized carbons (Fsp3) is 0.559. The van der Waals surface area contributed by atoms with Gasteiger partial charge in [0.2, 0.25) is 17.7 Å². The van der Waals surface area contributed by atoms with Gasteiger partial charge in [0.25, 0.3) is 0 Å². The number of carbonyl (C=O) groups is 3. The first-order valence-corrected chi connectivity index (χ1v) is 15.9. The van der Waals surface area contributed by atoms with Gasteiger partial charge in [-0.3, -0.25) is 14.4 Å². The number of unbranched alkanes of at least 4 members (excludes halogenated alkanes) is 3. The number of fused-ring (bicyclic) bond motifs is 1. The zero-order chi connectivity index (χ0) is 30.6. The van der Waals surface area contributed by atoms with Crippen molar-refractivity contribution in [3.63, 3.8) is 0 Å². The van der Waals surface area contributed by atoms with Crippen molar-refractivity contribution in [1.82, 2.24) is 10.2 Å². The Bertz CT molecular complexity index is 1280. The van der Waals surface area contributed by atoms with Crippen molar-refractivity contribution in [3.8, 4) is 0 Å². The van der Waals surface area contributed by atoms with Crippen LogP contribution in [0.3, 0.4) is 0 Å². The quantitative estimate of drug-likeness (QED) is 0.286. The Morgan fingerprint density at radius 2 is 1.67 bits per heavy atom. The standard InChI is InChI=1S/C34H46N4O5/c1-4-37(5-2)26-17-15-25(16-18-26)36-31(41)29-34-20-19-33(3,43-34)27(30(40)35-23-24-13-9-8-10-14-24)28(34)32(42)38(29)21-11-6-7-12-22-39/h8-10,13-18,27-29,39H,4-7,11-12,19-23H2,1-3H3,(H,35,40)(H,36,41)/t27-,28+,29?,33+,34?/m1/s1. The molecular weight excluding hydrogens is 544 g/mol. The van der Waals surface area contributed by atoms with Crippen LogP contribution in [0, 0.1) is 11.8 Å². The van der Waals surface area contributed by atoms with Crippen molar-refractivity contribution in [3.05, 3.63) is 60.2 Å². The summed E-state index contributed by atoms with van der Waals surface area (Å²) in [6, 6.07) is 16.6. The predicted molar refractivity (Wildman–Crippen MR) is 166 cm³/mol.